The summed E-state index contributed by atoms with van der Waals surface area (Å²) in [5, 5.41) is 0.823. The summed E-state index contributed by atoms with van der Waals surface area (Å²) in [6, 6.07) is 20.7. The third-order valence-corrected chi connectivity index (χ3v) is 5.45. The smallest absolute Gasteiger partial charge is 0.419 e. The van der Waals surface area contributed by atoms with Crippen molar-refractivity contribution in [3.63, 3.8) is 0 Å². The molecule has 0 radical (unpaired) electrons. The molecule has 0 aliphatic heterocycles. The predicted octanol–water partition coefficient (Wildman–Crippen LogP) is 5.69. The Balaban J connectivity index is 1.76. The van der Waals surface area contributed by atoms with Crippen molar-refractivity contribution in [1.82, 2.24) is 19.5 Å². The van der Waals surface area contributed by atoms with Gasteiger partial charge < -0.3 is 15.2 Å². The molecule has 8 heteroatoms. The number of anilines is 1. The first-order chi connectivity index (χ1) is 16.7. The van der Waals surface area contributed by atoms with Crippen molar-refractivity contribution in [2.24, 2.45) is 0 Å². The van der Waals surface area contributed by atoms with Crippen molar-refractivity contribution in [3.8, 4) is 28.4 Å². The molecule has 5 rings (SSSR count). The fourth-order valence-corrected chi connectivity index (χ4v) is 3.99. The summed E-state index contributed by atoms with van der Waals surface area (Å²) in [6.07, 6.45) is -0.494. The number of benzene rings is 2. The van der Waals surface area contributed by atoms with E-state index in [2.05, 4.69) is 9.97 Å². The molecule has 0 saturated heterocycles. The number of fused-ring (bicyclic) bond motifs is 2. The molecule has 3 aromatic heterocycles. The highest BCUT2D eigenvalue weighted by molar-refractivity contribution is 5.98. The quantitative estimate of drug-likeness (QED) is 0.363. The highest BCUT2D eigenvalue weighted by Gasteiger charge is 2.24. The number of rotatable bonds is 3. The molecule has 0 aliphatic rings. The standard InChI is InChI=1S/C27H25N5O3/c1-27(2,3)35-26(33)32-21-13-10-18(34-4)14-17(21)15-22(32)19-11-12-20-24(29-19)23(31-25(28)30-20)16-8-6-5-7-9-16/h5-15H,1-4H3,(H2,28,30,31). The minimum Gasteiger partial charge on any atom is -0.497 e. The SMILES string of the molecule is COc1ccc2c(c1)cc(-c1ccc3nc(N)nc(-c4ccccc4)c3n1)n2C(=O)OC(C)(C)C. The Hall–Kier alpha value is -4.46. The molecule has 176 valence electrons. The molecule has 35 heavy (non-hydrogen) atoms. The topological polar surface area (TPSA) is 105 Å². The van der Waals surface area contributed by atoms with Gasteiger partial charge in [-0.05, 0) is 57.2 Å². The van der Waals surface area contributed by atoms with Gasteiger partial charge in [-0.2, -0.15) is 0 Å². The van der Waals surface area contributed by atoms with Crippen molar-refractivity contribution >= 4 is 34.0 Å². The lowest BCUT2D eigenvalue weighted by molar-refractivity contribution is 0.0547. The van der Waals surface area contributed by atoms with E-state index in [1.807, 2.05) is 87.5 Å². The Bertz CT molecular complexity index is 1570. The normalized spacial score (nSPS) is 11.7. The molecule has 0 spiro atoms. The van der Waals surface area contributed by atoms with Crippen molar-refractivity contribution < 1.29 is 14.3 Å². The molecule has 8 nitrogen and oxygen atoms in total. The predicted molar refractivity (Wildman–Crippen MR) is 136 cm³/mol. The van der Waals surface area contributed by atoms with Gasteiger partial charge in [0.15, 0.2) is 0 Å². The maximum Gasteiger partial charge on any atom is 0.419 e. The number of pyridine rings is 1. The van der Waals surface area contributed by atoms with E-state index in [-0.39, 0.29) is 5.95 Å². The van der Waals surface area contributed by atoms with Crippen LogP contribution >= 0.6 is 0 Å². The number of hydrogen-bond acceptors (Lipinski definition) is 7. The summed E-state index contributed by atoms with van der Waals surface area (Å²) >= 11 is 0. The van der Waals surface area contributed by atoms with Crippen molar-refractivity contribution in [2.45, 2.75) is 26.4 Å². The average Bonchev–Trinajstić information content (AvgIpc) is 3.21. The molecule has 2 aromatic carbocycles. The summed E-state index contributed by atoms with van der Waals surface area (Å²) in [4.78, 5) is 27.0. The molecule has 3 heterocycles. The average molecular weight is 468 g/mol. The van der Waals surface area contributed by atoms with E-state index in [9.17, 15) is 4.79 Å². The second kappa shape index (κ2) is 8.39. The van der Waals surface area contributed by atoms with Crippen LogP contribution in [-0.2, 0) is 4.74 Å². The first-order valence-electron chi connectivity index (χ1n) is 11.2. The summed E-state index contributed by atoms with van der Waals surface area (Å²) in [6.45, 7) is 5.50. The number of ether oxygens (including phenoxy) is 2. The van der Waals surface area contributed by atoms with Gasteiger partial charge in [-0.3, -0.25) is 0 Å². The van der Waals surface area contributed by atoms with Crippen LogP contribution < -0.4 is 10.5 Å². The van der Waals surface area contributed by atoms with Gasteiger partial charge in [0.25, 0.3) is 0 Å². The van der Waals surface area contributed by atoms with E-state index < -0.39 is 11.7 Å². The lowest BCUT2D eigenvalue weighted by Crippen LogP contribution is -2.27. The maximum absolute atomic E-state index is 13.3. The van der Waals surface area contributed by atoms with E-state index in [0.717, 1.165) is 10.9 Å². The molecule has 0 bridgehead atoms. The summed E-state index contributed by atoms with van der Waals surface area (Å²) in [5.74, 6) is 0.855. The molecule has 0 aliphatic carbocycles. The number of carbonyl (C=O) groups is 1. The van der Waals surface area contributed by atoms with E-state index >= 15 is 0 Å². The van der Waals surface area contributed by atoms with Crippen LogP contribution in [0.1, 0.15) is 20.8 Å². The molecule has 0 atom stereocenters. The fraction of sp³-hybridized carbons (Fsp3) is 0.185. The van der Waals surface area contributed by atoms with Crippen molar-refractivity contribution in [2.75, 3.05) is 12.8 Å². The Morgan fingerprint density at radius 2 is 1.71 bits per heavy atom. The number of methoxy groups -OCH3 is 1. The number of aromatic nitrogens is 4. The second-order valence-corrected chi connectivity index (χ2v) is 9.13. The third kappa shape index (κ3) is 4.26. The third-order valence-electron chi connectivity index (χ3n) is 5.45. The van der Waals surface area contributed by atoms with Gasteiger partial charge in [-0.1, -0.05) is 30.3 Å². The number of nitrogens with zero attached hydrogens (tertiary/aromatic N) is 4. The zero-order chi connectivity index (χ0) is 24.7. The zero-order valence-corrected chi connectivity index (χ0v) is 19.9. The largest absolute Gasteiger partial charge is 0.497 e. The van der Waals surface area contributed by atoms with Gasteiger partial charge in [0.1, 0.15) is 22.6 Å². The Morgan fingerprint density at radius 3 is 2.43 bits per heavy atom. The van der Waals surface area contributed by atoms with Gasteiger partial charge in [0.2, 0.25) is 5.95 Å². The summed E-state index contributed by atoms with van der Waals surface area (Å²) < 4.78 is 12.6. The molecular formula is C27H25N5O3. The Morgan fingerprint density at radius 1 is 0.943 bits per heavy atom. The second-order valence-electron chi connectivity index (χ2n) is 9.13. The van der Waals surface area contributed by atoms with Crippen LogP contribution in [0.5, 0.6) is 5.75 Å². The first kappa shape index (κ1) is 22.3. The van der Waals surface area contributed by atoms with Crippen molar-refractivity contribution in [3.05, 3.63) is 66.7 Å². The van der Waals surface area contributed by atoms with E-state index in [4.69, 9.17) is 20.2 Å². The molecule has 5 aromatic rings. The number of nitrogen functional groups attached to an aromatic ring is 1. The van der Waals surface area contributed by atoms with Gasteiger partial charge in [-0.15, -0.1) is 0 Å². The first-order valence-corrected chi connectivity index (χ1v) is 11.2. The minimum atomic E-state index is -0.667. The molecule has 0 fully saturated rings. The van der Waals surface area contributed by atoms with Gasteiger partial charge in [0.05, 0.1) is 29.5 Å². The number of hydrogen-bond donors (Lipinski definition) is 1. The molecule has 2 N–H and O–H groups in total. The molecule has 0 amide bonds. The summed E-state index contributed by atoms with van der Waals surface area (Å²) in [5.41, 5.74) is 9.85. The fourth-order valence-electron chi connectivity index (χ4n) is 3.99. The van der Waals surface area contributed by atoms with Crippen LogP contribution in [0, 0.1) is 0 Å². The summed E-state index contributed by atoms with van der Waals surface area (Å²) in [7, 11) is 1.61. The Kier molecular flexibility index (Phi) is 5.36. The zero-order valence-electron chi connectivity index (χ0n) is 19.9. The van der Waals surface area contributed by atoms with Crippen LogP contribution in [0.25, 0.3) is 44.6 Å². The maximum atomic E-state index is 13.3. The van der Waals surface area contributed by atoms with Gasteiger partial charge >= 0.3 is 6.09 Å². The van der Waals surface area contributed by atoms with Crippen molar-refractivity contribution in [1.29, 1.82) is 0 Å². The highest BCUT2D eigenvalue weighted by atomic mass is 16.6. The lowest BCUT2D eigenvalue weighted by Gasteiger charge is -2.21. The molecule has 0 unspecified atom stereocenters. The van der Waals surface area contributed by atoms with Crippen LogP contribution in [0.2, 0.25) is 0 Å². The molecular weight excluding hydrogens is 442 g/mol. The van der Waals surface area contributed by atoms with Crippen LogP contribution in [0.15, 0.2) is 66.7 Å². The van der Waals surface area contributed by atoms with Crippen LogP contribution in [-0.4, -0.2) is 38.3 Å². The van der Waals surface area contributed by atoms with Crippen LogP contribution in [0.4, 0.5) is 10.7 Å². The highest BCUT2D eigenvalue weighted by Crippen LogP contribution is 2.33. The minimum absolute atomic E-state index is 0.167. The lowest BCUT2D eigenvalue weighted by atomic mass is 10.1. The van der Waals surface area contributed by atoms with E-state index in [1.165, 1.54) is 4.57 Å². The number of nitrogens with two attached hydrogens (primary N) is 1. The van der Waals surface area contributed by atoms with E-state index in [0.29, 0.717) is 39.4 Å². The van der Waals surface area contributed by atoms with Gasteiger partial charge in [-0.25, -0.2) is 24.3 Å². The Labute approximate surface area is 202 Å². The van der Waals surface area contributed by atoms with Gasteiger partial charge in [0, 0.05) is 10.9 Å². The monoisotopic (exact) mass is 467 g/mol. The molecule has 0 saturated carbocycles. The van der Waals surface area contributed by atoms with Crippen LogP contribution in [0.3, 0.4) is 0 Å². The van der Waals surface area contributed by atoms with E-state index in [1.54, 1.807) is 7.11 Å². The number of carbonyl (C=O) groups excluding carboxylic acids is 1.